The number of ether oxygens (including phenoxy) is 4. The zero-order chi connectivity index (χ0) is 65.2. The number of hydrogen-bond acceptors (Lipinski definition) is 13. The molecule has 0 spiro atoms. The average Bonchev–Trinajstić information content (AvgIpc) is 1.04. The third kappa shape index (κ3) is 43.8. The summed E-state index contributed by atoms with van der Waals surface area (Å²) in [6.07, 6.45) is 63.0. The monoisotopic (exact) mass is 1280 g/mol. The number of amides is 1. The van der Waals surface area contributed by atoms with Crippen LogP contribution in [0.5, 0.6) is 0 Å². The molecule has 0 aromatic rings. The summed E-state index contributed by atoms with van der Waals surface area (Å²) in [6.45, 7) is 2.79. The van der Waals surface area contributed by atoms with Gasteiger partial charge in [0.05, 0.1) is 32.0 Å². The molecule has 0 aromatic carbocycles. The van der Waals surface area contributed by atoms with Crippen molar-refractivity contribution in [1.29, 1.82) is 0 Å². The lowest BCUT2D eigenvalue weighted by Crippen LogP contribution is -2.65. The molecule has 2 aliphatic heterocycles. The molecule has 12 unspecified atom stereocenters. The van der Waals surface area contributed by atoms with Crippen LogP contribution in [0.25, 0.3) is 0 Å². The minimum absolute atomic E-state index is 0.200. The molecule has 14 heteroatoms. The molecule has 9 N–H and O–H groups in total. The molecule has 2 rings (SSSR count). The summed E-state index contributed by atoms with van der Waals surface area (Å²) in [5.41, 5.74) is 0. The van der Waals surface area contributed by atoms with Crippen molar-refractivity contribution in [2.24, 2.45) is 0 Å². The van der Waals surface area contributed by atoms with E-state index in [0.717, 1.165) is 77.0 Å². The summed E-state index contributed by atoms with van der Waals surface area (Å²) in [5.74, 6) is -0.200. The first-order valence-electron chi connectivity index (χ1n) is 37.9. The smallest absolute Gasteiger partial charge is 0.220 e. The van der Waals surface area contributed by atoms with Crippen molar-refractivity contribution in [3.63, 3.8) is 0 Å². The molecule has 1 amide bonds. The van der Waals surface area contributed by atoms with Gasteiger partial charge in [-0.2, -0.15) is 0 Å². The van der Waals surface area contributed by atoms with Gasteiger partial charge in [-0.05, 0) is 51.4 Å². The molecular weight excluding hydrogens is 1130 g/mol. The molecule has 90 heavy (non-hydrogen) atoms. The number of unbranched alkanes of at least 4 members (excludes halogenated alkanes) is 42. The van der Waals surface area contributed by atoms with Gasteiger partial charge in [0, 0.05) is 6.42 Å². The molecule has 0 saturated carbocycles. The molecule has 2 fully saturated rings. The fourth-order valence-electron chi connectivity index (χ4n) is 12.6. The second-order valence-electron chi connectivity index (χ2n) is 26.8. The number of rotatable bonds is 63. The van der Waals surface area contributed by atoms with Crippen LogP contribution >= 0.6 is 0 Å². The summed E-state index contributed by atoms with van der Waals surface area (Å²) >= 11 is 0. The van der Waals surface area contributed by atoms with Gasteiger partial charge in [-0.3, -0.25) is 4.79 Å². The van der Waals surface area contributed by atoms with Gasteiger partial charge in [-0.25, -0.2) is 0 Å². The normalized spacial score (nSPS) is 23.1. The van der Waals surface area contributed by atoms with E-state index in [1.165, 1.54) is 231 Å². The van der Waals surface area contributed by atoms with E-state index in [0.29, 0.717) is 12.8 Å². The molecule has 0 aromatic heterocycles. The van der Waals surface area contributed by atoms with Gasteiger partial charge in [0.2, 0.25) is 5.91 Å². The Hall–Kier alpha value is -2.05. The summed E-state index contributed by atoms with van der Waals surface area (Å²) in [5, 5.41) is 87.6. The van der Waals surface area contributed by atoms with E-state index in [1.807, 2.05) is 0 Å². The molecule has 12 atom stereocenters. The van der Waals surface area contributed by atoms with Crippen LogP contribution in [-0.4, -0.2) is 140 Å². The van der Waals surface area contributed by atoms with Gasteiger partial charge < -0.3 is 65.1 Å². The van der Waals surface area contributed by atoms with Gasteiger partial charge in [0.15, 0.2) is 12.6 Å². The lowest BCUT2D eigenvalue weighted by Gasteiger charge is -2.46. The second-order valence-corrected chi connectivity index (χ2v) is 26.8. The minimum Gasteiger partial charge on any atom is -0.394 e. The number of carbonyl (C=O) groups is 1. The second kappa shape index (κ2) is 60.6. The Labute approximate surface area is 550 Å². The molecule has 2 aliphatic rings. The molecular formula is C76H141NO13. The number of nitrogens with one attached hydrogen (secondary N) is 1. The topological polar surface area (TPSA) is 228 Å². The first-order chi connectivity index (χ1) is 44.1. The number of aliphatic hydroxyl groups excluding tert-OH is 8. The van der Waals surface area contributed by atoms with Crippen molar-refractivity contribution in [2.45, 2.75) is 408 Å². The highest BCUT2D eigenvalue weighted by atomic mass is 16.7. The Morgan fingerprint density at radius 1 is 0.411 bits per heavy atom. The van der Waals surface area contributed by atoms with Crippen molar-refractivity contribution < 1.29 is 64.6 Å². The molecule has 0 aliphatic carbocycles. The third-order valence-corrected chi connectivity index (χ3v) is 18.6. The van der Waals surface area contributed by atoms with Gasteiger partial charge >= 0.3 is 0 Å². The molecule has 2 saturated heterocycles. The maximum Gasteiger partial charge on any atom is 0.220 e. The molecule has 2 heterocycles. The van der Waals surface area contributed by atoms with E-state index in [1.54, 1.807) is 0 Å². The highest BCUT2D eigenvalue weighted by Crippen LogP contribution is 2.30. The fourth-order valence-corrected chi connectivity index (χ4v) is 12.6. The van der Waals surface area contributed by atoms with Crippen molar-refractivity contribution in [1.82, 2.24) is 5.32 Å². The van der Waals surface area contributed by atoms with Crippen LogP contribution in [0.4, 0.5) is 0 Å². The lowest BCUT2D eigenvalue weighted by molar-refractivity contribution is -0.359. The van der Waals surface area contributed by atoms with Crippen LogP contribution < -0.4 is 5.32 Å². The van der Waals surface area contributed by atoms with Gasteiger partial charge in [0.1, 0.15) is 48.8 Å². The SMILES string of the molecule is CC/C=C\C/C=C\C/C=C\C/C=C\CCCCCCCCCCCCCCCCCCCCCCCCCCCCC(=O)NC(COC1OC(CO)C(OC2OC(CO)C(O)C(O)C2O)C(O)C1O)C(O)CCCCCCCCCCCCCCCCCCC. The largest absolute Gasteiger partial charge is 0.394 e. The third-order valence-electron chi connectivity index (χ3n) is 18.6. The average molecular weight is 1280 g/mol. The van der Waals surface area contributed by atoms with Crippen LogP contribution in [0.3, 0.4) is 0 Å². The standard InChI is InChI=1S/C76H141NO13/c1-3-5-7-9-11-13-15-17-19-21-22-23-24-25-26-27-28-29-30-31-32-33-34-35-36-37-38-39-40-41-42-44-46-48-50-52-54-56-58-60-68(81)77-64(65(80)59-57-55-53-51-49-47-45-43-20-18-16-14-12-10-8-6-4-2)63-87-75-73(86)71(84)74(67(62-79)89-75)90-76-72(85)70(83)69(82)66(61-78)88-76/h5,7,11,13,17,19,22-23,64-67,69-76,78-80,82-86H,3-4,6,8-10,12,14-16,18,20-21,24-63H2,1-2H3,(H,77,81)/b7-5-,13-11-,19-17-,23-22-. The van der Waals surface area contributed by atoms with E-state index in [-0.39, 0.29) is 12.5 Å². The van der Waals surface area contributed by atoms with E-state index in [4.69, 9.17) is 18.9 Å². The Morgan fingerprint density at radius 3 is 1.18 bits per heavy atom. The zero-order valence-corrected chi connectivity index (χ0v) is 57.6. The van der Waals surface area contributed by atoms with Crippen LogP contribution in [0.1, 0.15) is 335 Å². The molecule has 0 radical (unpaired) electrons. The molecule has 528 valence electrons. The number of allylic oxidation sites excluding steroid dienone is 8. The van der Waals surface area contributed by atoms with Crippen LogP contribution in [-0.2, 0) is 23.7 Å². The fraction of sp³-hybridized carbons (Fsp3) is 0.882. The van der Waals surface area contributed by atoms with E-state index in [2.05, 4.69) is 67.8 Å². The summed E-state index contributed by atoms with van der Waals surface area (Å²) < 4.78 is 22.9. The van der Waals surface area contributed by atoms with E-state index >= 15 is 0 Å². The quantitative estimate of drug-likeness (QED) is 0.0204. The van der Waals surface area contributed by atoms with Crippen molar-refractivity contribution in [3.8, 4) is 0 Å². The highest BCUT2D eigenvalue weighted by Gasteiger charge is 2.51. The summed E-state index contributed by atoms with van der Waals surface area (Å²) in [4.78, 5) is 13.4. The molecule has 0 bridgehead atoms. The van der Waals surface area contributed by atoms with Gasteiger partial charge in [-0.1, -0.05) is 326 Å². The lowest BCUT2D eigenvalue weighted by atomic mass is 9.97. The van der Waals surface area contributed by atoms with Crippen LogP contribution in [0.2, 0.25) is 0 Å². The van der Waals surface area contributed by atoms with Crippen molar-refractivity contribution in [2.75, 3.05) is 19.8 Å². The van der Waals surface area contributed by atoms with E-state index in [9.17, 15) is 45.6 Å². The Kier molecular flexibility index (Phi) is 56.6. The Morgan fingerprint density at radius 2 is 0.767 bits per heavy atom. The summed E-state index contributed by atoms with van der Waals surface area (Å²) in [6, 6.07) is -0.827. The van der Waals surface area contributed by atoms with Gasteiger partial charge in [-0.15, -0.1) is 0 Å². The highest BCUT2D eigenvalue weighted by molar-refractivity contribution is 5.76. The minimum atomic E-state index is -1.78. The maximum absolute atomic E-state index is 13.4. The zero-order valence-electron chi connectivity index (χ0n) is 57.6. The Balaban J connectivity index is 1.55. The first kappa shape index (κ1) is 84.0. The first-order valence-corrected chi connectivity index (χ1v) is 37.9. The predicted molar refractivity (Wildman–Crippen MR) is 369 cm³/mol. The molecule has 14 nitrogen and oxygen atoms in total. The summed E-state index contributed by atoms with van der Waals surface area (Å²) in [7, 11) is 0. The number of aliphatic hydroxyl groups is 8. The van der Waals surface area contributed by atoms with E-state index < -0.39 is 86.8 Å². The maximum atomic E-state index is 13.4. The van der Waals surface area contributed by atoms with Crippen molar-refractivity contribution in [3.05, 3.63) is 48.6 Å². The Bertz CT molecular complexity index is 1690. The number of hydrogen-bond donors (Lipinski definition) is 9. The number of carbonyl (C=O) groups excluding carboxylic acids is 1. The van der Waals surface area contributed by atoms with Crippen LogP contribution in [0.15, 0.2) is 48.6 Å². The van der Waals surface area contributed by atoms with Crippen LogP contribution in [0, 0.1) is 0 Å². The van der Waals surface area contributed by atoms with Gasteiger partial charge in [0.25, 0.3) is 0 Å². The van der Waals surface area contributed by atoms with Crippen molar-refractivity contribution >= 4 is 5.91 Å². The predicted octanol–water partition coefficient (Wildman–Crippen LogP) is 16.2.